The second-order valence-electron chi connectivity index (χ2n) is 2.77. The van der Waals surface area contributed by atoms with Crippen LogP contribution in [0, 0.1) is 0 Å². The van der Waals surface area contributed by atoms with Crippen LogP contribution in [0.25, 0.3) is 0 Å². The van der Waals surface area contributed by atoms with Gasteiger partial charge in [0.15, 0.2) is 0 Å². The Balaban J connectivity index is 2.43. The van der Waals surface area contributed by atoms with Gasteiger partial charge in [-0.05, 0) is 46.9 Å². The van der Waals surface area contributed by atoms with Crippen molar-refractivity contribution in [2.75, 3.05) is 0 Å². The Kier molecular flexibility index (Phi) is 5.87. The molecule has 1 aliphatic rings. The molecule has 0 aromatic heterocycles. The summed E-state index contributed by atoms with van der Waals surface area (Å²) in [6.45, 7) is 0. The molecule has 0 aromatic rings. The lowest BCUT2D eigenvalue weighted by Gasteiger charge is -2.19. The molecule has 1 rings (SSSR count). The molecule has 0 amide bonds. The zero-order valence-electron chi connectivity index (χ0n) is 6.30. The van der Waals surface area contributed by atoms with Gasteiger partial charge in [0.25, 0.3) is 0 Å². The number of halogens is 2. The Labute approximate surface area is 98.7 Å². The van der Waals surface area contributed by atoms with Crippen LogP contribution in [0.5, 0.6) is 0 Å². The van der Waals surface area contributed by atoms with E-state index < -0.39 is 0 Å². The van der Waals surface area contributed by atoms with Gasteiger partial charge in [-0.25, -0.2) is 0 Å². The molecule has 64 valence electrons. The molecule has 2 unspecified atom stereocenters. The second-order valence-corrected chi connectivity index (χ2v) is 6.68. The molecule has 0 saturated carbocycles. The summed E-state index contributed by atoms with van der Waals surface area (Å²) in [7, 11) is 2.01. The van der Waals surface area contributed by atoms with Crippen LogP contribution in [-0.4, -0.2) is 9.17 Å². The third-order valence-corrected chi connectivity index (χ3v) is 6.64. The molecule has 0 bridgehead atoms. The lowest BCUT2D eigenvalue weighted by Crippen LogP contribution is -2.16. The third kappa shape index (κ3) is 3.85. The quantitative estimate of drug-likeness (QED) is 0.362. The highest BCUT2D eigenvalue weighted by Gasteiger charge is 2.17. The van der Waals surface area contributed by atoms with Crippen LogP contribution in [0.3, 0.4) is 0 Å². The molecule has 0 aliphatic heterocycles. The van der Waals surface area contributed by atoms with Crippen molar-refractivity contribution in [1.82, 2.24) is 0 Å². The van der Waals surface area contributed by atoms with Crippen LogP contribution in [0.1, 0.15) is 25.7 Å². The first-order chi connectivity index (χ1) is 5.34. The van der Waals surface area contributed by atoms with Gasteiger partial charge in [-0.15, -0.1) is 0 Å². The molecule has 0 N–H and O–H groups in total. The van der Waals surface area contributed by atoms with Crippen molar-refractivity contribution in [3.05, 3.63) is 12.2 Å². The molecule has 0 saturated heterocycles. The first-order valence-corrected chi connectivity index (χ1v) is 8.58. The van der Waals surface area contributed by atoms with Gasteiger partial charge in [0.2, 0.25) is 0 Å². The molecule has 0 heterocycles. The first kappa shape index (κ1) is 10.6. The number of hydrogen-bond acceptors (Lipinski definition) is 1. The highest BCUT2D eigenvalue weighted by atomic mass is 127. The fourth-order valence-corrected chi connectivity index (χ4v) is 6.36. The Morgan fingerprint density at radius 3 is 2.45 bits per heavy atom. The maximum Gasteiger partial charge on any atom is 0.0268 e. The first-order valence-electron chi connectivity index (χ1n) is 3.91. The second kappa shape index (κ2) is 6.07. The average Bonchev–Trinajstić information content (AvgIpc) is 1.98. The maximum absolute atomic E-state index is 2.60. The van der Waals surface area contributed by atoms with Crippen molar-refractivity contribution in [2.24, 2.45) is 0 Å². The maximum atomic E-state index is 2.60. The third-order valence-electron chi connectivity index (χ3n) is 1.91. The fraction of sp³-hybridized carbons (Fsp3) is 0.750. The van der Waals surface area contributed by atoms with E-state index in [2.05, 4.69) is 55.9 Å². The summed E-state index contributed by atoms with van der Waals surface area (Å²) >= 11 is 5.04. The van der Waals surface area contributed by atoms with Gasteiger partial charge in [0, 0.05) is 9.17 Å². The summed E-state index contributed by atoms with van der Waals surface area (Å²) < 4.78 is 0.874. The number of allylic oxidation sites excluding steroid dienone is 2. The van der Waals surface area contributed by atoms with Crippen molar-refractivity contribution in [1.29, 1.82) is 0 Å². The van der Waals surface area contributed by atoms with E-state index in [0.29, 0.717) is 0 Å². The molecule has 11 heavy (non-hydrogen) atoms. The van der Waals surface area contributed by atoms with Gasteiger partial charge < -0.3 is 0 Å². The average molecular weight is 394 g/mol. The van der Waals surface area contributed by atoms with E-state index in [9.17, 15) is 0 Å². The van der Waals surface area contributed by atoms with Gasteiger partial charge in [-0.2, -0.15) is 0 Å². The Morgan fingerprint density at radius 1 is 1.18 bits per heavy atom. The monoisotopic (exact) mass is 394 g/mol. The van der Waals surface area contributed by atoms with Crippen LogP contribution < -0.4 is 0 Å². The van der Waals surface area contributed by atoms with E-state index in [0.717, 1.165) is 9.17 Å². The smallest absolute Gasteiger partial charge is 0.0268 e. The number of hydrogen-bond donors (Lipinski definition) is 0. The van der Waals surface area contributed by atoms with E-state index in [1.54, 1.807) is 0 Å². The minimum atomic E-state index is 0.874. The topological polar surface area (TPSA) is 0 Å². The van der Waals surface area contributed by atoms with E-state index in [1.165, 1.54) is 25.7 Å². The van der Waals surface area contributed by atoms with Crippen molar-refractivity contribution in [2.45, 2.75) is 34.9 Å². The van der Waals surface area contributed by atoms with Crippen LogP contribution in [0.4, 0.5) is 0 Å². The minimum Gasteiger partial charge on any atom is -0.0885 e. The normalized spacial score (nSPS) is 35.8. The summed E-state index contributed by atoms with van der Waals surface area (Å²) in [5.41, 5.74) is 0. The summed E-state index contributed by atoms with van der Waals surface area (Å²) in [5, 5.41) is 0.876. The zero-order chi connectivity index (χ0) is 8.10. The molecule has 1 aliphatic carbocycles. The number of alkyl halides is 1. The predicted octanol–water partition coefficient (Wildman–Crippen LogP) is 4.37. The molecule has 0 spiro atoms. The molecule has 3 heteroatoms. The van der Waals surface area contributed by atoms with Crippen LogP contribution >= 0.6 is 52.7 Å². The van der Waals surface area contributed by atoms with E-state index in [4.69, 9.17) is 0 Å². The van der Waals surface area contributed by atoms with E-state index >= 15 is 0 Å². The van der Waals surface area contributed by atoms with Crippen LogP contribution in [-0.2, 0) is 0 Å². The molecule has 2 atom stereocenters. The SMILES string of the molecule is ISC1CC/C=C\CCC1I. The van der Waals surface area contributed by atoms with Gasteiger partial charge >= 0.3 is 0 Å². The predicted molar refractivity (Wildman–Crippen MR) is 70.8 cm³/mol. The summed E-state index contributed by atoms with van der Waals surface area (Å²) in [6.07, 6.45) is 9.94. The highest BCUT2D eigenvalue weighted by Crippen LogP contribution is 2.33. The molecular weight excluding hydrogens is 382 g/mol. The van der Waals surface area contributed by atoms with Crippen molar-refractivity contribution in [3.8, 4) is 0 Å². The molecular formula is C8H12I2S. The Bertz CT molecular complexity index is 136. The molecule has 0 nitrogen and oxygen atoms in total. The van der Waals surface area contributed by atoms with Crippen molar-refractivity contribution in [3.63, 3.8) is 0 Å². The number of rotatable bonds is 1. The Morgan fingerprint density at radius 2 is 1.82 bits per heavy atom. The molecule has 0 radical (unpaired) electrons. The zero-order valence-corrected chi connectivity index (χ0v) is 11.4. The Hall–Kier alpha value is 1.55. The van der Waals surface area contributed by atoms with Gasteiger partial charge in [0.05, 0.1) is 0 Å². The summed E-state index contributed by atoms with van der Waals surface area (Å²) in [6, 6.07) is 0. The van der Waals surface area contributed by atoms with Crippen molar-refractivity contribution >= 4 is 52.7 Å². The van der Waals surface area contributed by atoms with E-state index in [1.807, 2.05) is 8.93 Å². The fourth-order valence-electron chi connectivity index (χ4n) is 1.22. The lowest BCUT2D eigenvalue weighted by molar-refractivity contribution is 0.688. The largest absolute Gasteiger partial charge is 0.0885 e. The minimum absolute atomic E-state index is 0.874. The summed E-state index contributed by atoms with van der Waals surface area (Å²) in [4.78, 5) is 0. The standard InChI is InChI=1S/C8H12I2S/c9-7-5-3-1-2-4-6-8(7)11-10/h1-2,7-8H,3-6H2/b2-1-. The lowest BCUT2D eigenvalue weighted by atomic mass is 10.1. The highest BCUT2D eigenvalue weighted by molar-refractivity contribution is 14.2. The van der Waals surface area contributed by atoms with E-state index in [-0.39, 0.29) is 0 Å². The molecule has 0 aromatic carbocycles. The van der Waals surface area contributed by atoms with Crippen molar-refractivity contribution < 1.29 is 0 Å². The summed E-state index contributed by atoms with van der Waals surface area (Å²) in [5.74, 6) is 0. The van der Waals surface area contributed by atoms with Gasteiger partial charge in [-0.3, -0.25) is 0 Å². The molecule has 0 fully saturated rings. The van der Waals surface area contributed by atoms with Gasteiger partial charge in [0.1, 0.15) is 0 Å². The van der Waals surface area contributed by atoms with Crippen LogP contribution in [0.15, 0.2) is 12.2 Å². The van der Waals surface area contributed by atoms with Crippen LogP contribution in [0.2, 0.25) is 0 Å². The van der Waals surface area contributed by atoms with Gasteiger partial charge in [-0.1, -0.05) is 43.7 Å².